The van der Waals surface area contributed by atoms with E-state index in [1.807, 2.05) is 6.92 Å². The van der Waals surface area contributed by atoms with Crippen molar-refractivity contribution in [3.63, 3.8) is 0 Å². The summed E-state index contributed by atoms with van der Waals surface area (Å²) in [6.07, 6.45) is 3.57. The van der Waals surface area contributed by atoms with Crippen LogP contribution < -0.4 is 5.32 Å². The summed E-state index contributed by atoms with van der Waals surface area (Å²) in [5.41, 5.74) is 0.145. The Balaban J connectivity index is 1.96. The molecule has 0 aromatic carbocycles. The van der Waals surface area contributed by atoms with Crippen LogP contribution in [0.5, 0.6) is 0 Å². The van der Waals surface area contributed by atoms with E-state index in [9.17, 15) is 9.18 Å². The van der Waals surface area contributed by atoms with Crippen LogP contribution in [0.3, 0.4) is 0 Å². The van der Waals surface area contributed by atoms with Crippen LogP contribution in [-0.4, -0.2) is 16.9 Å². The van der Waals surface area contributed by atoms with Gasteiger partial charge in [-0.2, -0.15) is 4.39 Å². The van der Waals surface area contributed by atoms with E-state index in [0.29, 0.717) is 5.92 Å². The normalized spacial score (nSPS) is 17.6. The summed E-state index contributed by atoms with van der Waals surface area (Å²) in [5, 5.41) is 2.86. The van der Waals surface area contributed by atoms with Crippen molar-refractivity contribution in [2.75, 3.05) is 0 Å². The highest BCUT2D eigenvalue weighted by molar-refractivity contribution is 5.92. The highest BCUT2D eigenvalue weighted by Crippen LogP contribution is 2.29. The first-order chi connectivity index (χ1) is 7.66. The van der Waals surface area contributed by atoms with Gasteiger partial charge in [0.15, 0.2) is 0 Å². The Hall–Kier alpha value is -1.45. The van der Waals surface area contributed by atoms with Crippen molar-refractivity contribution >= 4 is 5.91 Å². The highest BCUT2D eigenvalue weighted by atomic mass is 19.1. The molecule has 1 N–H and O–H groups in total. The van der Waals surface area contributed by atoms with Gasteiger partial charge in [-0.25, -0.2) is 4.98 Å². The Morgan fingerprint density at radius 3 is 2.88 bits per heavy atom. The van der Waals surface area contributed by atoms with Crippen molar-refractivity contribution in [2.45, 2.75) is 32.2 Å². The van der Waals surface area contributed by atoms with E-state index >= 15 is 0 Å². The smallest absolute Gasteiger partial charge is 0.270 e. The number of rotatable bonds is 3. The summed E-state index contributed by atoms with van der Waals surface area (Å²) in [5.74, 6) is -0.347. The third-order valence-corrected chi connectivity index (χ3v) is 3.16. The van der Waals surface area contributed by atoms with Crippen molar-refractivity contribution in [3.8, 4) is 0 Å². The van der Waals surface area contributed by atoms with Gasteiger partial charge in [-0.15, -0.1) is 0 Å². The average molecular weight is 222 g/mol. The number of aromatic nitrogens is 1. The van der Waals surface area contributed by atoms with Crippen LogP contribution in [0.25, 0.3) is 0 Å². The molecule has 1 aromatic heterocycles. The maximum absolute atomic E-state index is 12.8. The third-order valence-electron chi connectivity index (χ3n) is 3.16. The second-order valence-electron chi connectivity index (χ2n) is 4.30. The van der Waals surface area contributed by atoms with Gasteiger partial charge in [0.2, 0.25) is 5.95 Å². The quantitative estimate of drug-likeness (QED) is 0.796. The summed E-state index contributed by atoms with van der Waals surface area (Å²) in [7, 11) is 0. The van der Waals surface area contributed by atoms with Gasteiger partial charge in [0.25, 0.3) is 5.91 Å². The molecule has 1 saturated carbocycles. The number of pyridine rings is 1. The summed E-state index contributed by atoms with van der Waals surface area (Å²) >= 11 is 0. The van der Waals surface area contributed by atoms with Crippen molar-refractivity contribution in [3.05, 3.63) is 29.8 Å². The molecule has 4 heteroatoms. The molecule has 3 nitrogen and oxygen atoms in total. The van der Waals surface area contributed by atoms with Crippen molar-refractivity contribution in [1.82, 2.24) is 10.3 Å². The summed E-state index contributed by atoms with van der Waals surface area (Å²) in [4.78, 5) is 15.3. The lowest BCUT2D eigenvalue weighted by Gasteiger charge is -2.31. The Kier molecular flexibility index (Phi) is 3.17. The van der Waals surface area contributed by atoms with Crippen LogP contribution in [0.4, 0.5) is 4.39 Å². The lowest BCUT2D eigenvalue weighted by molar-refractivity contribution is 0.0903. The number of halogens is 1. The SMILES string of the molecule is CC(NC(=O)c1cccc(F)n1)C1CCC1. The van der Waals surface area contributed by atoms with Crippen LogP contribution in [0.15, 0.2) is 18.2 Å². The number of carbonyl (C=O) groups excluding carboxylic acids is 1. The number of hydrogen-bond donors (Lipinski definition) is 1. The predicted octanol–water partition coefficient (Wildman–Crippen LogP) is 2.14. The van der Waals surface area contributed by atoms with Crippen LogP contribution in [0.2, 0.25) is 0 Å². The lowest BCUT2D eigenvalue weighted by atomic mass is 9.80. The van der Waals surface area contributed by atoms with E-state index in [0.717, 1.165) is 12.8 Å². The lowest BCUT2D eigenvalue weighted by Crippen LogP contribution is -2.41. The molecule has 0 spiro atoms. The van der Waals surface area contributed by atoms with Gasteiger partial charge in [-0.05, 0) is 37.8 Å². The Bertz CT molecular complexity index is 390. The molecule has 0 saturated heterocycles. The maximum atomic E-state index is 12.8. The molecule has 1 amide bonds. The molecule has 1 aromatic rings. The number of amides is 1. The van der Waals surface area contributed by atoms with E-state index in [2.05, 4.69) is 10.3 Å². The van der Waals surface area contributed by atoms with Gasteiger partial charge in [0.1, 0.15) is 5.69 Å². The molecule has 16 heavy (non-hydrogen) atoms. The molecule has 1 aliphatic rings. The fraction of sp³-hybridized carbons (Fsp3) is 0.500. The number of carbonyl (C=O) groups is 1. The van der Waals surface area contributed by atoms with Crippen LogP contribution in [0.1, 0.15) is 36.7 Å². The fourth-order valence-corrected chi connectivity index (χ4v) is 1.87. The van der Waals surface area contributed by atoms with E-state index < -0.39 is 5.95 Å². The molecule has 0 bridgehead atoms. The third kappa shape index (κ3) is 2.38. The number of nitrogens with one attached hydrogen (secondary N) is 1. The number of nitrogens with zero attached hydrogens (tertiary/aromatic N) is 1. The molecule has 1 aliphatic carbocycles. The second-order valence-corrected chi connectivity index (χ2v) is 4.30. The molecule has 1 unspecified atom stereocenters. The topological polar surface area (TPSA) is 42.0 Å². The van der Waals surface area contributed by atoms with Crippen LogP contribution in [0, 0.1) is 11.9 Å². The van der Waals surface area contributed by atoms with Gasteiger partial charge >= 0.3 is 0 Å². The van der Waals surface area contributed by atoms with Crippen molar-refractivity contribution in [2.24, 2.45) is 5.92 Å². The van der Waals surface area contributed by atoms with E-state index in [4.69, 9.17) is 0 Å². The second kappa shape index (κ2) is 4.60. The monoisotopic (exact) mass is 222 g/mol. The molecule has 1 atom stereocenters. The van der Waals surface area contributed by atoms with Crippen LogP contribution >= 0.6 is 0 Å². The molecule has 1 heterocycles. The Morgan fingerprint density at radius 2 is 2.31 bits per heavy atom. The predicted molar refractivity (Wildman–Crippen MR) is 58.5 cm³/mol. The first kappa shape index (κ1) is 11.0. The molecule has 86 valence electrons. The summed E-state index contributed by atoms with van der Waals surface area (Å²) in [6.45, 7) is 1.99. The van der Waals surface area contributed by atoms with Crippen molar-refractivity contribution in [1.29, 1.82) is 0 Å². The molecular weight excluding hydrogens is 207 g/mol. The zero-order chi connectivity index (χ0) is 11.5. The molecule has 0 aliphatic heterocycles. The molecule has 2 rings (SSSR count). The highest BCUT2D eigenvalue weighted by Gasteiger charge is 2.25. The minimum Gasteiger partial charge on any atom is -0.348 e. The van der Waals surface area contributed by atoms with Gasteiger partial charge in [-0.1, -0.05) is 12.5 Å². The van der Waals surface area contributed by atoms with E-state index in [1.54, 1.807) is 0 Å². The largest absolute Gasteiger partial charge is 0.348 e. The van der Waals surface area contributed by atoms with E-state index in [1.165, 1.54) is 24.6 Å². The molecular formula is C12H15FN2O. The van der Waals surface area contributed by atoms with Gasteiger partial charge in [0.05, 0.1) is 0 Å². The van der Waals surface area contributed by atoms with E-state index in [-0.39, 0.29) is 17.6 Å². The first-order valence-electron chi connectivity index (χ1n) is 5.60. The zero-order valence-corrected chi connectivity index (χ0v) is 9.24. The Morgan fingerprint density at radius 1 is 1.56 bits per heavy atom. The minimum atomic E-state index is -0.621. The van der Waals surface area contributed by atoms with Crippen LogP contribution in [-0.2, 0) is 0 Å². The number of hydrogen-bond acceptors (Lipinski definition) is 2. The van der Waals surface area contributed by atoms with Crippen molar-refractivity contribution < 1.29 is 9.18 Å². The van der Waals surface area contributed by atoms with Gasteiger partial charge in [-0.3, -0.25) is 4.79 Å². The van der Waals surface area contributed by atoms with Gasteiger partial charge in [0, 0.05) is 6.04 Å². The maximum Gasteiger partial charge on any atom is 0.270 e. The Labute approximate surface area is 94.1 Å². The standard InChI is InChI=1S/C12H15FN2O/c1-8(9-4-2-5-9)14-12(16)10-6-3-7-11(13)15-10/h3,6-9H,2,4-5H2,1H3,(H,14,16). The average Bonchev–Trinajstić information content (AvgIpc) is 2.14. The zero-order valence-electron chi connectivity index (χ0n) is 9.24. The summed E-state index contributed by atoms with van der Waals surface area (Å²) < 4.78 is 12.8. The minimum absolute atomic E-state index is 0.145. The fourth-order valence-electron chi connectivity index (χ4n) is 1.87. The van der Waals surface area contributed by atoms with Gasteiger partial charge < -0.3 is 5.32 Å². The molecule has 0 radical (unpaired) electrons. The first-order valence-corrected chi connectivity index (χ1v) is 5.60. The molecule has 1 fully saturated rings. The summed E-state index contributed by atoms with van der Waals surface area (Å²) in [6, 6.07) is 4.38.